The summed E-state index contributed by atoms with van der Waals surface area (Å²) in [5.41, 5.74) is 0.537. The van der Waals surface area contributed by atoms with Crippen LogP contribution < -0.4 is 0 Å². The van der Waals surface area contributed by atoms with Crippen LogP contribution in [0.3, 0.4) is 0 Å². The molecule has 3 nitrogen and oxygen atoms in total. The van der Waals surface area contributed by atoms with E-state index >= 15 is 0 Å². The van der Waals surface area contributed by atoms with Crippen molar-refractivity contribution >= 4 is 32.0 Å². The fourth-order valence-electron chi connectivity index (χ4n) is 0.514. The van der Waals surface area contributed by atoms with E-state index in [2.05, 4.69) is 32.8 Å². The number of nitriles is 1. The van der Waals surface area contributed by atoms with E-state index in [1.807, 2.05) is 6.07 Å². The normalized spacial score (nSPS) is 17.8. The molecule has 0 aromatic heterocycles. The average molecular weight is 233 g/mol. The predicted molar refractivity (Wildman–Crippen MR) is 43.7 cm³/mol. The fraction of sp³-hybridized carbons (Fsp3) is 0.400. The van der Waals surface area contributed by atoms with Gasteiger partial charge in [0.1, 0.15) is 15.5 Å². The molecule has 46 valence electrons. The van der Waals surface area contributed by atoms with E-state index in [-0.39, 0.29) is 0 Å². The first-order chi connectivity index (χ1) is 4.33. The summed E-state index contributed by atoms with van der Waals surface area (Å²) in [6, 6.07) is 1.96. The van der Waals surface area contributed by atoms with Crippen molar-refractivity contribution in [3.63, 3.8) is 0 Å². The summed E-state index contributed by atoms with van der Waals surface area (Å²) >= 11 is 2.12. The summed E-state index contributed by atoms with van der Waals surface area (Å²) in [6.07, 6.45) is 1.62. The number of rotatable bonds is 0. The second-order valence-electron chi connectivity index (χ2n) is 1.63. The lowest BCUT2D eigenvalue weighted by Gasteiger charge is -1.99. The van der Waals surface area contributed by atoms with Gasteiger partial charge in [0.2, 0.25) is 0 Å². The van der Waals surface area contributed by atoms with Gasteiger partial charge < -0.3 is 0 Å². The summed E-state index contributed by atoms with van der Waals surface area (Å²) < 4.78 is 0.978. The largest absolute Gasteiger partial charge is 0.191 e. The molecule has 0 aromatic rings. The number of hydrogen-bond acceptors (Lipinski definition) is 3. The number of halogens is 1. The van der Waals surface area contributed by atoms with Crippen molar-refractivity contribution in [2.75, 3.05) is 0 Å². The Hall–Kier alpha value is -0.440. The van der Waals surface area contributed by atoms with Crippen LogP contribution in [0, 0.1) is 11.3 Å². The fourth-order valence-corrected chi connectivity index (χ4v) is 0.892. The van der Waals surface area contributed by atoms with Crippen molar-refractivity contribution in [2.45, 2.75) is 12.8 Å². The van der Waals surface area contributed by atoms with Crippen molar-refractivity contribution < 1.29 is 0 Å². The van der Waals surface area contributed by atoms with Gasteiger partial charge in [0.25, 0.3) is 0 Å². The first kappa shape index (κ1) is 6.68. The third-order valence-corrected chi connectivity index (χ3v) is 1.73. The van der Waals surface area contributed by atoms with E-state index in [1.165, 1.54) is 0 Å². The Kier molecular flexibility index (Phi) is 2.16. The third-order valence-electron chi connectivity index (χ3n) is 0.976. The van der Waals surface area contributed by atoms with E-state index in [9.17, 15) is 0 Å². The van der Waals surface area contributed by atoms with Crippen LogP contribution >= 0.6 is 22.6 Å². The van der Waals surface area contributed by atoms with E-state index in [1.54, 1.807) is 0 Å². The molecule has 0 saturated heterocycles. The first-order valence-electron chi connectivity index (χ1n) is 2.52. The molecule has 0 spiro atoms. The Labute approximate surface area is 66.6 Å². The maximum atomic E-state index is 8.32. The van der Waals surface area contributed by atoms with Gasteiger partial charge in [-0.05, 0) is 22.6 Å². The highest BCUT2D eigenvalue weighted by atomic mass is 127. The van der Waals surface area contributed by atoms with Crippen LogP contribution in [-0.4, -0.2) is 9.43 Å². The van der Waals surface area contributed by atoms with Gasteiger partial charge in [0, 0.05) is 12.8 Å². The Balaban J connectivity index is 2.73. The molecule has 0 fully saturated rings. The van der Waals surface area contributed by atoms with E-state index in [4.69, 9.17) is 5.26 Å². The smallest absolute Gasteiger partial charge is 0.140 e. The second-order valence-corrected chi connectivity index (χ2v) is 2.88. The zero-order valence-electron chi connectivity index (χ0n) is 4.63. The molecule has 0 N–H and O–H groups in total. The van der Waals surface area contributed by atoms with Gasteiger partial charge in [-0.3, -0.25) is 0 Å². The topological polar surface area (TPSA) is 48.5 Å². The molecule has 0 aliphatic carbocycles. The predicted octanol–water partition coefficient (Wildman–Crippen LogP) is 1.49. The van der Waals surface area contributed by atoms with E-state index < -0.39 is 0 Å². The maximum absolute atomic E-state index is 8.32. The van der Waals surface area contributed by atoms with Crippen molar-refractivity contribution in [3.05, 3.63) is 0 Å². The monoisotopic (exact) mass is 233 g/mol. The lowest BCUT2D eigenvalue weighted by Crippen LogP contribution is -2.01. The van der Waals surface area contributed by atoms with Gasteiger partial charge in [-0.15, -0.1) is 10.2 Å². The molecular weight excluding hydrogens is 229 g/mol. The standard InChI is InChI=1S/C5H4IN3/c6-5-2-1-4(3-7)8-9-5/h1-2H2. The Morgan fingerprint density at radius 3 is 2.67 bits per heavy atom. The summed E-state index contributed by atoms with van der Waals surface area (Å²) in [6.45, 7) is 0. The van der Waals surface area contributed by atoms with Gasteiger partial charge in [-0.2, -0.15) is 5.26 Å². The van der Waals surface area contributed by atoms with Crippen molar-refractivity contribution in [3.8, 4) is 6.07 Å². The summed E-state index contributed by atoms with van der Waals surface area (Å²) in [7, 11) is 0. The van der Waals surface area contributed by atoms with Crippen LogP contribution in [0.25, 0.3) is 0 Å². The van der Waals surface area contributed by atoms with Gasteiger partial charge in [0.05, 0.1) is 0 Å². The second kappa shape index (κ2) is 2.92. The summed E-state index contributed by atoms with van der Waals surface area (Å²) in [5, 5.41) is 15.7. The lowest BCUT2D eigenvalue weighted by atomic mass is 10.2. The Morgan fingerprint density at radius 1 is 1.44 bits per heavy atom. The molecule has 1 aliphatic heterocycles. The zero-order chi connectivity index (χ0) is 6.69. The maximum Gasteiger partial charge on any atom is 0.140 e. The molecular formula is C5H4IN3. The minimum absolute atomic E-state index is 0.537. The summed E-state index contributed by atoms with van der Waals surface area (Å²) in [5.74, 6) is 0. The van der Waals surface area contributed by atoms with E-state index in [0.29, 0.717) is 5.71 Å². The molecule has 1 heterocycles. The minimum Gasteiger partial charge on any atom is -0.191 e. The minimum atomic E-state index is 0.537. The number of hydrogen-bond donors (Lipinski definition) is 0. The molecule has 0 unspecified atom stereocenters. The highest BCUT2D eigenvalue weighted by molar-refractivity contribution is 14.1. The molecule has 1 rings (SSSR count). The Bertz CT molecular complexity index is 211. The highest BCUT2D eigenvalue weighted by Gasteiger charge is 2.04. The van der Waals surface area contributed by atoms with Crippen LogP contribution in [-0.2, 0) is 0 Å². The highest BCUT2D eigenvalue weighted by Crippen LogP contribution is 2.08. The van der Waals surface area contributed by atoms with Gasteiger partial charge in [-0.1, -0.05) is 0 Å². The van der Waals surface area contributed by atoms with Crippen molar-refractivity contribution in [1.82, 2.24) is 0 Å². The average Bonchev–Trinajstić information content (AvgIpc) is 1.90. The molecule has 0 amide bonds. The molecule has 0 radical (unpaired) electrons. The first-order valence-corrected chi connectivity index (χ1v) is 3.60. The van der Waals surface area contributed by atoms with Crippen molar-refractivity contribution in [1.29, 1.82) is 5.26 Å². The summed E-state index contributed by atoms with van der Waals surface area (Å²) in [4.78, 5) is 0. The molecule has 0 saturated carbocycles. The molecule has 0 bridgehead atoms. The van der Waals surface area contributed by atoms with E-state index in [0.717, 1.165) is 16.6 Å². The van der Waals surface area contributed by atoms with Gasteiger partial charge in [0.15, 0.2) is 0 Å². The number of nitrogens with zero attached hydrogens (tertiary/aromatic N) is 3. The zero-order valence-corrected chi connectivity index (χ0v) is 6.79. The Morgan fingerprint density at radius 2 is 2.22 bits per heavy atom. The van der Waals surface area contributed by atoms with Crippen LogP contribution in [0.2, 0.25) is 0 Å². The quantitative estimate of drug-likeness (QED) is 0.584. The van der Waals surface area contributed by atoms with Gasteiger partial charge >= 0.3 is 0 Å². The van der Waals surface area contributed by atoms with Gasteiger partial charge in [-0.25, -0.2) is 0 Å². The van der Waals surface area contributed by atoms with Crippen LogP contribution in [0.1, 0.15) is 12.8 Å². The van der Waals surface area contributed by atoms with Crippen LogP contribution in [0.4, 0.5) is 0 Å². The third kappa shape index (κ3) is 1.75. The SMILES string of the molecule is N#CC1=NN=C(I)CC1. The lowest BCUT2D eigenvalue weighted by molar-refractivity contribution is 1.07. The molecule has 0 atom stereocenters. The van der Waals surface area contributed by atoms with Crippen LogP contribution in [0.5, 0.6) is 0 Å². The molecule has 1 aliphatic rings. The molecule has 0 aromatic carbocycles. The molecule has 9 heavy (non-hydrogen) atoms. The van der Waals surface area contributed by atoms with Crippen molar-refractivity contribution in [2.24, 2.45) is 10.2 Å². The van der Waals surface area contributed by atoms with Crippen LogP contribution in [0.15, 0.2) is 10.2 Å². The molecule has 4 heteroatoms.